The molecule has 0 aliphatic carbocycles. The molecule has 0 bridgehead atoms. The second-order valence-electron chi connectivity index (χ2n) is 2.67. The van der Waals surface area contributed by atoms with Crippen molar-refractivity contribution >= 4 is 23.2 Å². The molecule has 0 amide bonds. The number of nitrogens with one attached hydrogen (secondary N) is 1. The topological polar surface area (TPSA) is 12.0 Å². The minimum absolute atomic E-state index is 0.0474. The summed E-state index contributed by atoms with van der Waals surface area (Å²) in [5, 5.41) is 4.45. The van der Waals surface area contributed by atoms with Gasteiger partial charge >= 0.3 is 0 Å². The van der Waals surface area contributed by atoms with Crippen LogP contribution in [0.5, 0.6) is 0 Å². The van der Waals surface area contributed by atoms with Crippen LogP contribution in [0.4, 0.5) is 0 Å². The van der Waals surface area contributed by atoms with E-state index in [1.165, 1.54) is 0 Å². The van der Waals surface area contributed by atoms with Crippen molar-refractivity contribution in [3.8, 4) is 0 Å². The fraction of sp³-hybridized carbons (Fsp3) is 0.200. The third kappa shape index (κ3) is 2.47. The molecule has 70 valence electrons. The summed E-state index contributed by atoms with van der Waals surface area (Å²) >= 11 is 11.9. The first-order chi connectivity index (χ1) is 6.19. The predicted molar refractivity (Wildman–Crippen MR) is 58.5 cm³/mol. The van der Waals surface area contributed by atoms with Crippen LogP contribution in [0.15, 0.2) is 30.9 Å². The summed E-state index contributed by atoms with van der Waals surface area (Å²) in [6.45, 7) is 3.71. The first-order valence-electron chi connectivity index (χ1n) is 3.93. The van der Waals surface area contributed by atoms with Gasteiger partial charge in [0, 0.05) is 10.0 Å². The van der Waals surface area contributed by atoms with E-state index in [9.17, 15) is 0 Å². The van der Waals surface area contributed by atoms with Gasteiger partial charge in [0.2, 0.25) is 0 Å². The van der Waals surface area contributed by atoms with Crippen LogP contribution in [0.25, 0.3) is 0 Å². The first-order valence-corrected chi connectivity index (χ1v) is 4.69. The molecular weight excluding hydrogens is 205 g/mol. The molecule has 1 nitrogen and oxygen atoms in total. The Bertz CT molecular complexity index is 310. The van der Waals surface area contributed by atoms with Crippen molar-refractivity contribution < 1.29 is 0 Å². The van der Waals surface area contributed by atoms with Crippen molar-refractivity contribution in [2.45, 2.75) is 6.04 Å². The average Bonchev–Trinajstić information content (AvgIpc) is 2.13. The van der Waals surface area contributed by atoms with Crippen molar-refractivity contribution in [1.29, 1.82) is 0 Å². The fourth-order valence-corrected chi connectivity index (χ4v) is 1.57. The number of halogens is 2. The molecule has 0 aliphatic rings. The molecule has 3 heteroatoms. The van der Waals surface area contributed by atoms with Crippen LogP contribution in [0.2, 0.25) is 10.0 Å². The molecule has 0 saturated carbocycles. The van der Waals surface area contributed by atoms with Gasteiger partial charge in [0.25, 0.3) is 0 Å². The Kier molecular flexibility index (Phi) is 3.79. The van der Waals surface area contributed by atoms with Crippen LogP contribution in [0.3, 0.4) is 0 Å². The van der Waals surface area contributed by atoms with Crippen molar-refractivity contribution in [3.63, 3.8) is 0 Å². The molecule has 0 spiro atoms. The summed E-state index contributed by atoms with van der Waals surface area (Å²) in [7, 11) is 1.85. The lowest BCUT2D eigenvalue weighted by Gasteiger charge is -2.13. The Labute approximate surface area is 88.4 Å². The molecule has 0 heterocycles. The average molecular weight is 216 g/mol. The van der Waals surface area contributed by atoms with Crippen molar-refractivity contribution in [2.75, 3.05) is 7.05 Å². The maximum absolute atomic E-state index is 6.00. The molecule has 1 atom stereocenters. The van der Waals surface area contributed by atoms with Crippen molar-refractivity contribution in [2.24, 2.45) is 0 Å². The third-order valence-corrected chi connectivity index (χ3v) is 2.42. The van der Waals surface area contributed by atoms with Gasteiger partial charge in [-0.1, -0.05) is 29.3 Å². The normalized spacial score (nSPS) is 12.5. The molecular formula is C10H11Cl2N. The zero-order valence-electron chi connectivity index (χ0n) is 7.35. The van der Waals surface area contributed by atoms with Gasteiger partial charge in [0.15, 0.2) is 0 Å². The molecule has 0 fully saturated rings. The molecule has 1 N–H and O–H groups in total. The molecule has 1 rings (SSSR count). The number of hydrogen-bond acceptors (Lipinski definition) is 1. The second-order valence-corrected chi connectivity index (χ2v) is 3.51. The van der Waals surface area contributed by atoms with E-state index < -0.39 is 0 Å². The zero-order chi connectivity index (χ0) is 9.84. The SMILES string of the molecule is C=CC(NC)c1cc(Cl)ccc1Cl. The Hall–Kier alpha value is -0.500. The van der Waals surface area contributed by atoms with Gasteiger partial charge in [-0.2, -0.15) is 0 Å². The lowest BCUT2D eigenvalue weighted by atomic mass is 10.1. The van der Waals surface area contributed by atoms with Crippen molar-refractivity contribution in [3.05, 3.63) is 46.5 Å². The Balaban J connectivity index is 3.10. The van der Waals surface area contributed by atoms with Crippen LogP contribution in [0.1, 0.15) is 11.6 Å². The van der Waals surface area contributed by atoms with E-state index >= 15 is 0 Å². The van der Waals surface area contributed by atoms with Crippen LogP contribution in [-0.2, 0) is 0 Å². The highest BCUT2D eigenvalue weighted by Crippen LogP contribution is 2.26. The van der Waals surface area contributed by atoms with Crippen LogP contribution < -0.4 is 5.32 Å². The fourth-order valence-electron chi connectivity index (χ4n) is 1.15. The molecule has 13 heavy (non-hydrogen) atoms. The molecule has 0 radical (unpaired) electrons. The quantitative estimate of drug-likeness (QED) is 0.763. The molecule has 1 unspecified atom stereocenters. The molecule has 0 aliphatic heterocycles. The van der Waals surface area contributed by atoms with Crippen molar-refractivity contribution in [1.82, 2.24) is 5.32 Å². The summed E-state index contributed by atoms with van der Waals surface area (Å²) in [6.07, 6.45) is 1.79. The minimum Gasteiger partial charge on any atom is -0.310 e. The largest absolute Gasteiger partial charge is 0.310 e. The highest BCUT2D eigenvalue weighted by molar-refractivity contribution is 6.33. The predicted octanol–water partition coefficient (Wildman–Crippen LogP) is 3.44. The van der Waals surface area contributed by atoms with Gasteiger partial charge in [0.1, 0.15) is 0 Å². The maximum atomic E-state index is 6.00. The monoisotopic (exact) mass is 215 g/mol. The number of hydrogen-bond donors (Lipinski definition) is 1. The summed E-state index contributed by atoms with van der Waals surface area (Å²) < 4.78 is 0. The summed E-state index contributed by atoms with van der Waals surface area (Å²) in [4.78, 5) is 0. The van der Waals surface area contributed by atoms with Gasteiger partial charge in [-0.05, 0) is 30.8 Å². The standard InChI is InChI=1S/C10H11Cl2N/c1-3-10(13-2)8-6-7(11)4-5-9(8)12/h3-6,10,13H,1H2,2H3. The Morgan fingerprint density at radius 2 is 2.15 bits per heavy atom. The minimum atomic E-state index is 0.0474. The van der Waals surface area contributed by atoms with E-state index in [1.54, 1.807) is 18.2 Å². The van der Waals surface area contributed by atoms with Crippen LogP contribution in [-0.4, -0.2) is 7.05 Å². The van der Waals surface area contributed by atoms with E-state index in [4.69, 9.17) is 23.2 Å². The van der Waals surface area contributed by atoms with E-state index in [0.717, 1.165) is 5.56 Å². The van der Waals surface area contributed by atoms with Gasteiger partial charge in [-0.25, -0.2) is 0 Å². The van der Waals surface area contributed by atoms with Crippen LogP contribution in [0, 0.1) is 0 Å². The molecule has 0 aromatic heterocycles. The van der Waals surface area contributed by atoms with E-state index in [1.807, 2.05) is 13.1 Å². The van der Waals surface area contributed by atoms with Gasteiger partial charge < -0.3 is 5.32 Å². The number of benzene rings is 1. The van der Waals surface area contributed by atoms with E-state index in [2.05, 4.69) is 11.9 Å². The first kappa shape index (κ1) is 10.6. The smallest absolute Gasteiger partial charge is 0.0516 e. The molecule has 1 aromatic carbocycles. The van der Waals surface area contributed by atoms with Crippen LogP contribution >= 0.6 is 23.2 Å². The summed E-state index contributed by atoms with van der Waals surface area (Å²) in [5.41, 5.74) is 0.951. The molecule has 1 aromatic rings. The highest BCUT2D eigenvalue weighted by atomic mass is 35.5. The summed E-state index contributed by atoms with van der Waals surface area (Å²) in [5.74, 6) is 0. The van der Waals surface area contributed by atoms with Gasteiger partial charge in [-0.15, -0.1) is 6.58 Å². The lowest BCUT2D eigenvalue weighted by molar-refractivity contribution is 0.716. The van der Waals surface area contributed by atoms with Gasteiger partial charge in [-0.3, -0.25) is 0 Å². The van der Waals surface area contributed by atoms with E-state index in [-0.39, 0.29) is 6.04 Å². The van der Waals surface area contributed by atoms with Gasteiger partial charge in [0.05, 0.1) is 6.04 Å². The van der Waals surface area contributed by atoms with E-state index in [0.29, 0.717) is 10.0 Å². The number of likely N-dealkylation sites (N-methyl/N-ethyl adjacent to an activating group) is 1. The third-order valence-electron chi connectivity index (χ3n) is 1.84. The summed E-state index contributed by atoms with van der Waals surface area (Å²) in [6, 6.07) is 5.44. The second kappa shape index (κ2) is 4.66. The number of rotatable bonds is 3. The maximum Gasteiger partial charge on any atom is 0.0516 e. The lowest BCUT2D eigenvalue weighted by Crippen LogP contribution is -2.13. The highest BCUT2D eigenvalue weighted by Gasteiger charge is 2.08. The Morgan fingerprint density at radius 1 is 1.46 bits per heavy atom. The molecule has 0 saturated heterocycles. The zero-order valence-corrected chi connectivity index (χ0v) is 8.86. The Morgan fingerprint density at radius 3 is 2.69 bits per heavy atom.